The number of piperazine rings is 1. The topological polar surface area (TPSA) is 106 Å². The highest BCUT2D eigenvalue weighted by molar-refractivity contribution is 5.94. The third-order valence-corrected chi connectivity index (χ3v) is 5.22. The monoisotopic (exact) mass is 412 g/mol. The molecule has 1 saturated heterocycles. The van der Waals surface area contributed by atoms with Crippen LogP contribution in [0.25, 0.3) is 5.78 Å². The lowest BCUT2D eigenvalue weighted by Gasteiger charge is -2.36. The molecule has 0 saturated carbocycles. The van der Waals surface area contributed by atoms with E-state index in [1.165, 1.54) is 18.9 Å². The predicted octanol–water partition coefficient (Wildman–Crippen LogP) is 1.48. The number of aryl methyl sites for hydroxylation is 1. The van der Waals surface area contributed by atoms with Crippen molar-refractivity contribution < 1.29 is 18.7 Å². The van der Waals surface area contributed by atoms with Crippen LogP contribution in [0.1, 0.15) is 35.0 Å². The van der Waals surface area contributed by atoms with Gasteiger partial charge in [0.15, 0.2) is 0 Å². The summed E-state index contributed by atoms with van der Waals surface area (Å²) in [6, 6.07) is 1.67. The maximum atomic E-state index is 12.6. The first kappa shape index (κ1) is 19.9. The molecule has 10 heteroatoms. The average molecular weight is 412 g/mol. The molecule has 1 aliphatic heterocycles. The van der Waals surface area contributed by atoms with Gasteiger partial charge in [-0.05, 0) is 26.3 Å². The van der Waals surface area contributed by atoms with Crippen LogP contribution in [0, 0.1) is 6.92 Å². The van der Waals surface area contributed by atoms with Crippen molar-refractivity contribution in [3.8, 4) is 0 Å². The Kier molecular flexibility index (Phi) is 5.64. The molecule has 3 aromatic rings. The number of hydrogen-bond donors (Lipinski definition) is 0. The highest BCUT2D eigenvalue weighted by atomic mass is 16.5. The fourth-order valence-corrected chi connectivity index (χ4v) is 3.74. The quantitative estimate of drug-likeness (QED) is 0.561. The fraction of sp³-hybridized carbons (Fsp3) is 0.450. The second-order valence-corrected chi connectivity index (χ2v) is 7.07. The summed E-state index contributed by atoms with van der Waals surface area (Å²) < 4.78 is 11.8. The summed E-state index contributed by atoms with van der Waals surface area (Å²) in [6.45, 7) is 6.47. The molecule has 0 aliphatic carbocycles. The van der Waals surface area contributed by atoms with E-state index in [2.05, 4.69) is 20.0 Å². The van der Waals surface area contributed by atoms with Crippen LogP contribution in [0.15, 0.2) is 29.3 Å². The van der Waals surface area contributed by atoms with E-state index < -0.39 is 0 Å². The molecule has 1 amide bonds. The van der Waals surface area contributed by atoms with Crippen LogP contribution in [0.2, 0.25) is 0 Å². The molecule has 158 valence electrons. The highest BCUT2D eigenvalue weighted by Crippen LogP contribution is 2.26. The van der Waals surface area contributed by atoms with Crippen molar-refractivity contribution in [3.63, 3.8) is 0 Å². The minimum atomic E-state index is -0.239. The van der Waals surface area contributed by atoms with Crippen molar-refractivity contribution >= 4 is 23.5 Å². The van der Waals surface area contributed by atoms with Crippen LogP contribution in [0.3, 0.4) is 0 Å². The maximum absolute atomic E-state index is 12.6. The minimum absolute atomic E-state index is 0.0391. The lowest BCUT2D eigenvalue weighted by molar-refractivity contribution is -0.143. The van der Waals surface area contributed by atoms with Crippen LogP contribution >= 0.6 is 0 Å². The van der Waals surface area contributed by atoms with E-state index in [0.29, 0.717) is 50.5 Å². The van der Waals surface area contributed by atoms with Gasteiger partial charge < -0.3 is 19.0 Å². The van der Waals surface area contributed by atoms with Gasteiger partial charge in [-0.15, -0.1) is 0 Å². The van der Waals surface area contributed by atoms with Gasteiger partial charge in [0.05, 0.1) is 18.4 Å². The van der Waals surface area contributed by atoms with Crippen molar-refractivity contribution in [3.05, 3.63) is 41.7 Å². The maximum Gasteiger partial charge on any atom is 0.306 e. The van der Waals surface area contributed by atoms with Gasteiger partial charge in [-0.3, -0.25) is 9.59 Å². The Balaban J connectivity index is 1.57. The zero-order chi connectivity index (χ0) is 21.1. The van der Waals surface area contributed by atoms with Crippen LogP contribution < -0.4 is 4.90 Å². The first-order valence-electron chi connectivity index (χ1n) is 9.99. The molecule has 0 unspecified atom stereocenters. The summed E-state index contributed by atoms with van der Waals surface area (Å²) in [5, 5.41) is 4.35. The molecule has 4 rings (SSSR count). The van der Waals surface area contributed by atoms with Crippen molar-refractivity contribution in [2.24, 2.45) is 0 Å². The van der Waals surface area contributed by atoms with E-state index in [4.69, 9.17) is 9.15 Å². The average Bonchev–Trinajstić information content (AvgIpc) is 3.44. The minimum Gasteiger partial charge on any atom is -0.472 e. The largest absolute Gasteiger partial charge is 0.472 e. The molecule has 10 nitrogen and oxygen atoms in total. The Bertz CT molecular complexity index is 1040. The SMILES string of the molecule is CCOC(=O)CCc1c(C)nc2ncnn2c1N1CCN(C(=O)c2ccoc2)CC1. The summed E-state index contributed by atoms with van der Waals surface area (Å²) in [5.74, 6) is 1.11. The Hall–Kier alpha value is -3.43. The number of hydrogen-bond acceptors (Lipinski definition) is 8. The van der Waals surface area contributed by atoms with Crippen LogP contribution in [-0.4, -0.2) is 69.1 Å². The van der Waals surface area contributed by atoms with Crippen LogP contribution in [0.4, 0.5) is 5.82 Å². The second kappa shape index (κ2) is 8.52. The Morgan fingerprint density at radius 3 is 2.73 bits per heavy atom. The molecule has 1 fully saturated rings. The summed E-state index contributed by atoms with van der Waals surface area (Å²) in [6.07, 6.45) is 5.20. The summed E-state index contributed by atoms with van der Waals surface area (Å²) in [7, 11) is 0. The first-order valence-corrected chi connectivity index (χ1v) is 9.99. The van der Waals surface area contributed by atoms with Crippen molar-refractivity contribution in [1.29, 1.82) is 0 Å². The van der Waals surface area contributed by atoms with Gasteiger partial charge in [0.1, 0.15) is 18.4 Å². The first-order chi connectivity index (χ1) is 14.6. The van der Waals surface area contributed by atoms with E-state index in [0.717, 1.165) is 17.1 Å². The number of esters is 1. The van der Waals surface area contributed by atoms with E-state index in [1.807, 2.05) is 11.8 Å². The Labute approximate surface area is 173 Å². The summed E-state index contributed by atoms with van der Waals surface area (Å²) >= 11 is 0. The Morgan fingerprint density at radius 1 is 1.23 bits per heavy atom. The molecule has 4 heterocycles. The van der Waals surface area contributed by atoms with Crippen molar-refractivity contribution in [2.75, 3.05) is 37.7 Å². The molecule has 30 heavy (non-hydrogen) atoms. The summed E-state index contributed by atoms with van der Waals surface area (Å²) in [4.78, 5) is 37.3. The van der Waals surface area contributed by atoms with Gasteiger partial charge in [0.25, 0.3) is 11.7 Å². The number of amides is 1. The number of aromatic nitrogens is 4. The predicted molar refractivity (Wildman–Crippen MR) is 107 cm³/mol. The molecule has 0 aromatic carbocycles. The molecule has 0 N–H and O–H groups in total. The molecular weight excluding hydrogens is 388 g/mol. The molecular formula is C20H24N6O4. The second-order valence-electron chi connectivity index (χ2n) is 7.07. The number of furan rings is 1. The number of fused-ring (bicyclic) bond motifs is 1. The lowest BCUT2D eigenvalue weighted by Crippen LogP contribution is -2.49. The van der Waals surface area contributed by atoms with Crippen molar-refractivity contribution in [2.45, 2.75) is 26.7 Å². The molecule has 0 spiro atoms. The molecule has 3 aromatic heterocycles. The standard InChI is InChI=1S/C20H24N6O4/c1-3-30-17(27)5-4-16-14(2)23-20-21-13-22-26(20)18(16)24-7-9-25(10-8-24)19(28)15-6-11-29-12-15/h6,11-13H,3-5,7-10H2,1-2H3. The smallest absolute Gasteiger partial charge is 0.306 e. The van der Waals surface area contributed by atoms with Crippen LogP contribution in [0.5, 0.6) is 0 Å². The zero-order valence-electron chi connectivity index (χ0n) is 17.1. The van der Waals surface area contributed by atoms with Crippen molar-refractivity contribution in [1.82, 2.24) is 24.5 Å². The number of carbonyl (C=O) groups is 2. The van der Waals surface area contributed by atoms with Gasteiger partial charge in [-0.2, -0.15) is 14.6 Å². The number of anilines is 1. The number of carbonyl (C=O) groups excluding carboxylic acids is 2. The summed E-state index contributed by atoms with van der Waals surface area (Å²) in [5.41, 5.74) is 2.30. The van der Waals surface area contributed by atoms with E-state index in [1.54, 1.807) is 17.5 Å². The third kappa shape index (κ3) is 3.85. The van der Waals surface area contributed by atoms with Gasteiger partial charge >= 0.3 is 5.97 Å². The molecule has 1 aliphatic rings. The fourth-order valence-electron chi connectivity index (χ4n) is 3.74. The van der Waals surface area contributed by atoms with Gasteiger partial charge in [0, 0.05) is 43.9 Å². The highest BCUT2D eigenvalue weighted by Gasteiger charge is 2.27. The normalized spacial score (nSPS) is 14.3. The van der Waals surface area contributed by atoms with Gasteiger partial charge in [-0.25, -0.2) is 4.98 Å². The number of nitrogens with zero attached hydrogens (tertiary/aromatic N) is 6. The number of ether oxygens (including phenoxy) is 1. The van der Waals surface area contributed by atoms with E-state index in [-0.39, 0.29) is 18.3 Å². The van der Waals surface area contributed by atoms with Gasteiger partial charge in [-0.1, -0.05) is 0 Å². The molecule has 0 atom stereocenters. The molecule has 0 bridgehead atoms. The third-order valence-electron chi connectivity index (χ3n) is 5.22. The van der Waals surface area contributed by atoms with E-state index in [9.17, 15) is 9.59 Å². The van der Waals surface area contributed by atoms with E-state index >= 15 is 0 Å². The number of rotatable bonds is 6. The molecule has 0 radical (unpaired) electrons. The lowest BCUT2D eigenvalue weighted by atomic mass is 10.1. The Morgan fingerprint density at radius 2 is 2.03 bits per heavy atom. The van der Waals surface area contributed by atoms with Gasteiger partial charge in [0.2, 0.25) is 0 Å². The van der Waals surface area contributed by atoms with Crippen LogP contribution in [-0.2, 0) is 16.0 Å². The zero-order valence-corrected chi connectivity index (χ0v) is 17.1.